The monoisotopic (exact) mass is 583 g/mol. The van der Waals surface area contributed by atoms with Crippen LogP contribution in [-0.2, 0) is 9.53 Å². The van der Waals surface area contributed by atoms with Gasteiger partial charge in [-0.3, -0.25) is 9.80 Å². The van der Waals surface area contributed by atoms with E-state index in [-0.39, 0.29) is 79.0 Å². The van der Waals surface area contributed by atoms with E-state index in [1.54, 1.807) is 25.7 Å². The number of ether oxygens (including phenoxy) is 2. The number of rotatable bonds is 4. The predicted molar refractivity (Wildman–Crippen MR) is 145 cm³/mol. The number of nitrogens with zero attached hydrogens (tertiary/aromatic N) is 6. The lowest BCUT2D eigenvalue weighted by Gasteiger charge is -2.35. The summed E-state index contributed by atoms with van der Waals surface area (Å²) in [6.07, 6.45) is 1.59. The fourth-order valence-corrected chi connectivity index (χ4v) is 4.90. The van der Waals surface area contributed by atoms with Crippen molar-refractivity contribution in [1.82, 2.24) is 30.2 Å². The number of pyridine rings is 1. The third-order valence-electron chi connectivity index (χ3n) is 6.72. The minimum absolute atomic E-state index is 0.0775. The number of carbonyl (C=O) groups excluding carboxylic acids is 2. The van der Waals surface area contributed by atoms with Crippen molar-refractivity contribution in [2.24, 2.45) is 5.92 Å². The highest BCUT2D eigenvalue weighted by molar-refractivity contribution is 6.30. The van der Waals surface area contributed by atoms with Gasteiger partial charge in [-0.25, -0.2) is 23.6 Å². The summed E-state index contributed by atoms with van der Waals surface area (Å²) in [5.74, 6) is -0.948. The molecule has 2 saturated heterocycles. The van der Waals surface area contributed by atoms with E-state index in [9.17, 15) is 14.0 Å². The van der Waals surface area contributed by atoms with Gasteiger partial charge in [0, 0.05) is 32.8 Å². The lowest BCUT2D eigenvalue weighted by molar-refractivity contribution is -0.128. The first-order chi connectivity index (χ1) is 18.9. The van der Waals surface area contributed by atoms with Crippen molar-refractivity contribution in [2.75, 3.05) is 50.9 Å². The molecule has 220 valence electrons. The van der Waals surface area contributed by atoms with Crippen LogP contribution >= 0.6 is 11.6 Å². The van der Waals surface area contributed by atoms with Gasteiger partial charge in [0.1, 0.15) is 17.3 Å². The van der Waals surface area contributed by atoms with Gasteiger partial charge in [0.25, 0.3) is 0 Å². The Balaban J connectivity index is 1.73. The second-order valence-corrected chi connectivity index (χ2v) is 11.4. The lowest BCUT2D eigenvalue weighted by Crippen LogP contribution is -2.50. The van der Waals surface area contributed by atoms with Crippen molar-refractivity contribution < 1.29 is 27.8 Å². The molecule has 14 heteroatoms. The van der Waals surface area contributed by atoms with Crippen LogP contribution in [0.25, 0.3) is 10.9 Å². The minimum atomic E-state index is -1.01. The van der Waals surface area contributed by atoms with Crippen molar-refractivity contribution in [3.63, 3.8) is 0 Å². The fraction of sp³-hybridized carbons (Fsp3) is 0.654. The molecule has 2 aromatic rings. The van der Waals surface area contributed by atoms with E-state index in [2.05, 4.69) is 20.3 Å². The standard InChI is InChI=1S/C26H36ClF2N7O4/c1-16(37)34-8-10-35(36(11-9-34)25(38)40-26(2,3)4)23-19-14-31-22(27)20(29)21(19)32-24(33-23)39-15-17-6-5-7-30-13-18(28)12-17/h14,17-18,30H,5-13,15H2,1-4H3/t17-,18-/m1/s1. The average Bonchev–Trinajstić information content (AvgIpc) is 3.10. The smallest absolute Gasteiger partial charge is 0.429 e. The first kappa shape index (κ1) is 29.9. The van der Waals surface area contributed by atoms with Crippen LogP contribution in [-0.4, -0.2) is 94.5 Å². The Hall–Kier alpha value is -3.06. The number of carbonyl (C=O) groups is 2. The summed E-state index contributed by atoms with van der Waals surface area (Å²) in [7, 11) is 0. The molecule has 2 fully saturated rings. The van der Waals surface area contributed by atoms with E-state index in [4.69, 9.17) is 21.1 Å². The Morgan fingerprint density at radius 3 is 2.67 bits per heavy atom. The fourth-order valence-electron chi connectivity index (χ4n) is 4.77. The van der Waals surface area contributed by atoms with E-state index in [1.807, 2.05) is 0 Å². The number of amides is 2. The van der Waals surface area contributed by atoms with Gasteiger partial charge in [-0.15, -0.1) is 0 Å². The number of hydrazine groups is 1. The van der Waals surface area contributed by atoms with Crippen LogP contribution in [0.2, 0.25) is 5.15 Å². The summed E-state index contributed by atoms with van der Waals surface area (Å²) in [4.78, 5) is 39.9. The number of fused-ring (bicyclic) bond motifs is 1. The van der Waals surface area contributed by atoms with E-state index in [0.29, 0.717) is 6.42 Å². The number of aromatic nitrogens is 3. The minimum Gasteiger partial charge on any atom is -0.463 e. The molecule has 0 aromatic carbocycles. The Labute approximate surface area is 237 Å². The van der Waals surface area contributed by atoms with Crippen molar-refractivity contribution in [3.8, 4) is 6.01 Å². The van der Waals surface area contributed by atoms with Crippen molar-refractivity contribution in [1.29, 1.82) is 0 Å². The number of hydrogen-bond acceptors (Lipinski definition) is 9. The molecule has 0 saturated carbocycles. The van der Waals surface area contributed by atoms with Crippen LogP contribution in [0.1, 0.15) is 47.0 Å². The number of nitrogens with one attached hydrogen (secondary N) is 1. The molecule has 0 bridgehead atoms. The second-order valence-electron chi connectivity index (χ2n) is 11.0. The molecule has 4 rings (SSSR count). The van der Waals surface area contributed by atoms with Crippen LogP contribution in [0.3, 0.4) is 0 Å². The van der Waals surface area contributed by atoms with E-state index < -0.39 is 23.7 Å². The first-order valence-corrected chi connectivity index (χ1v) is 13.8. The molecule has 0 radical (unpaired) electrons. The molecule has 2 amide bonds. The Bertz CT molecular complexity index is 1230. The molecule has 2 aliphatic heterocycles. The lowest BCUT2D eigenvalue weighted by atomic mass is 9.96. The van der Waals surface area contributed by atoms with Gasteiger partial charge in [-0.2, -0.15) is 9.97 Å². The summed E-state index contributed by atoms with van der Waals surface area (Å²) in [6.45, 7) is 8.62. The van der Waals surface area contributed by atoms with Gasteiger partial charge in [0.2, 0.25) is 5.91 Å². The maximum Gasteiger partial charge on any atom is 0.429 e. The average molecular weight is 584 g/mol. The molecular formula is C26H36ClF2N7O4. The zero-order chi connectivity index (χ0) is 29.0. The number of halogens is 3. The van der Waals surface area contributed by atoms with Gasteiger partial charge >= 0.3 is 12.1 Å². The maximum atomic E-state index is 15.2. The van der Waals surface area contributed by atoms with Gasteiger partial charge < -0.3 is 19.7 Å². The molecule has 1 N–H and O–H groups in total. The maximum absolute atomic E-state index is 15.2. The molecule has 0 spiro atoms. The van der Waals surface area contributed by atoms with Crippen molar-refractivity contribution in [2.45, 2.75) is 58.7 Å². The zero-order valence-corrected chi connectivity index (χ0v) is 24.0. The molecule has 40 heavy (non-hydrogen) atoms. The molecule has 0 unspecified atom stereocenters. The van der Waals surface area contributed by atoms with Crippen LogP contribution in [0, 0.1) is 11.7 Å². The van der Waals surface area contributed by atoms with Crippen LogP contribution in [0.4, 0.5) is 19.4 Å². The van der Waals surface area contributed by atoms with E-state index in [1.165, 1.54) is 23.1 Å². The Kier molecular flexibility index (Phi) is 9.44. The Morgan fingerprint density at radius 2 is 1.95 bits per heavy atom. The number of anilines is 1. The van der Waals surface area contributed by atoms with Gasteiger partial charge in [0.05, 0.1) is 25.1 Å². The normalized spacial score (nSPS) is 21.0. The molecule has 0 aliphatic carbocycles. The quantitative estimate of drug-likeness (QED) is 0.538. The summed E-state index contributed by atoms with van der Waals surface area (Å²) >= 11 is 5.98. The summed E-state index contributed by atoms with van der Waals surface area (Å²) < 4.78 is 41.1. The largest absolute Gasteiger partial charge is 0.463 e. The van der Waals surface area contributed by atoms with Crippen LogP contribution in [0.15, 0.2) is 6.20 Å². The summed E-state index contributed by atoms with van der Waals surface area (Å²) in [5.41, 5.74) is -0.929. The van der Waals surface area contributed by atoms with Gasteiger partial charge in [-0.1, -0.05) is 11.6 Å². The van der Waals surface area contributed by atoms with E-state index >= 15 is 4.39 Å². The number of alkyl halides is 1. The molecule has 11 nitrogen and oxygen atoms in total. The third-order valence-corrected chi connectivity index (χ3v) is 6.98. The summed E-state index contributed by atoms with van der Waals surface area (Å²) in [5, 5.41) is 5.76. The molecule has 2 atom stereocenters. The topological polar surface area (TPSA) is 113 Å². The van der Waals surface area contributed by atoms with Gasteiger partial charge in [0.15, 0.2) is 16.8 Å². The highest BCUT2D eigenvalue weighted by atomic mass is 35.5. The Morgan fingerprint density at radius 1 is 1.20 bits per heavy atom. The zero-order valence-electron chi connectivity index (χ0n) is 23.3. The van der Waals surface area contributed by atoms with E-state index in [0.717, 1.165) is 19.4 Å². The highest BCUT2D eigenvalue weighted by Gasteiger charge is 2.33. The predicted octanol–water partition coefficient (Wildman–Crippen LogP) is 3.74. The summed E-state index contributed by atoms with van der Waals surface area (Å²) in [6, 6.07) is -0.143. The molecular weight excluding hydrogens is 548 g/mol. The number of hydrogen-bond donors (Lipinski definition) is 1. The molecule has 4 heterocycles. The van der Waals surface area contributed by atoms with Gasteiger partial charge in [-0.05, 0) is 52.5 Å². The van der Waals surface area contributed by atoms with Crippen molar-refractivity contribution in [3.05, 3.63) is 17.2 Å². The highest BCUT2D eigenvalue weighted by Crippen LogP contribution is 2.32. The van der Waals surface area contributed by atoms with Crippen LogP contribution < -0.4 is 15.1 Å². The molecule has 2 aliphatic rings. The SMILES string of the molecule is CC(=O)N1CCN(C(=O)OC(C)(C)C)N(c2nc(OC[C@@H]3CCCNC[C@H](F)C3)nc3c(F)c(Cl)ncc23)CC1. The first-order valence-electron chi connectivity index (χ1n) is 13.5. The molecule has 2 aromatic heterocycles. The second kappa shape index (κ2) is 12.6. The van der Waals surface area contributed by atoms with Crippen LogP contribution in [0.5, 0.6) is 6.01 Å². The van der Waals surface area contributed by atoms with Crippen molar-refractivity contribution >= 4 is 40.3 Å². The third kappa shape index (κ3) is 7.36.